The molecule has 1 aromatic rings. The molecule has 2 rings (SSSR count). The van der Waals surface area contributed by atoms with E-state index in [9.17, 15) is 14.4 Å². The second kappa shape index (κ2) is 9.00. The normalized spacial score (nSPS) is 20.4. The summed E-state index contributed by atoms with van der Waals surface area (Å²) >= 11 is 0. The summed E-state index contributed by atoms with van der Waals surface area (Å²) in [7, 11) is 0. The Morgan fingerprint density at radius 1 is 1.27 bits per heavy atom. The van der Waals surface area contributed by atoms with Crippen molar-refractivity contribution in [2.24, 2.45) is 0 Å². The number of benzene rings is 1. The van der Waals surface area contributed by atoms with E-state index in [0.717, 1.165) is 17.0 Å². The quantitative estimate of drug-likeness (QED) is 0.620. The van der Waals surface area contributed by atoms with Crippen molar-refractivity contribution in [1.82, 2.24) is 20.9 Å². The number of carbonyl (C=O) groups excluding carboxylic acids is 3. The Hall–Kier alpha value is -2.12. The maximum absolute atomic E-state index is 12.7. The molecule has 1 unspecified atom stereocenters. The summed E-state index contributed by atoms with van der Waals surface area (Å²) in [6, 6.07) is 6.97. The van der Waals surface area contributed by atoms with E-state index in [-0.39, 0.29) is 30.9 Å². The van der Waals surface area contributed by atoms with Gasteiger partial charge in [-0.15, -0.1) is 12.4 Å². The number of aryl methyl sites for hydroxylation is 1. The Kier molecular flexibility index (Phi) is 7.59. The standard InChI is InChI=1S/C18H26N4O3.ClH/c1-5-19-13(3)10-20-15(23)11-22-16(24)18(4,21-17(22)25)14-8-6-12(2)7-9-14;/h6-9,13,19H,5,10-11H2,1-4H3,(H,20,23)(H,21,25);1H/t13-,18?;/m1./s1. The number of carbonyl (C=O) groups is 3. The van der Waals surface area contributed by atoms with Crippen LogP contribution in [0.5, 0.6) is 0 Å². The second-order valence-corrected chi connectivity index (χ2v) is 6.58. The Morgan fingerprint density at radius 2 is 1.88 bits per heavy atom. The van der Waals surface area contributed by atoms with Crippen molar-refractivity contribution >= 4 is 30.3 Å². The van der Waals surface area contributed by atoms with Crippen molar-refractivity contribution in [3.05, 3.63) is 35.4 Å². The van der Waals surface area contributed by atoms with Gasteiger partial charge in [0.05, 0.1) is 0 Å². The lowest BCUT2D eigenvalue weighted by atomic mass is 9.91. The van der Waals surface area contributed by atoms with Gasteiger partial charge >= 0.3 is 6.03 Å². The average molecular weight is 383 g/mol. The topological polar surface area (TPSA) is 90.5 Å². The van der Waals surface area contributed by atoms with Gasteiger partial charge in [0, 0.05) is 12.6 Å². The van der Waals surface area contributed by atoms with Gasteiger partial charge in [-0.2, -0.15) is 0 Å². The Balaban J connectivity index is 0.00000338. The van der Waals surface area contributed by atoms with Crippen molar-refractivity contribution in [3.63, 3.8) is 0 Å². The number of likely N-dealkylation sites (N-methyl/N-ethyl adjacent to an activating group) is 1. The van der Waals surface area contributed by atoms with Crippen molar-refractivity contribution in [2.45, 2.75) is 39.3 Å². The van der Waals surface area contributed by atoms with E-state index < -0.39 is 17.5 Å². The first kappa shape index (κ1) is 21.9. The van der Waals surface area contributed by atoms with Gasteiger partial charge in [0.2, 0.25) is 5.91 Å². The first-order valence-electron chi connectivity index (χ1n) is 8.49. The fourth-order valence-electron chi connectivity index (χ4n) is 2.81. The summed E-state index contributed by atoms with van der Waals surface area (Å²) in [6.07, 6.45) is 0. The number of amides is 4. The Bertz CT molecular complexity index is 665. The zero-order chi connectivity index (χ0) is 18.6. The molecule has 7 nitrogen and oxygen atoms in total. The lowest BCUT2D eigenvalue weighted by molar-refractivity contribution is -0.134. The number of nitrogens with zero attached hydrogens (tertiary/aromatic N) is 1. The lowest BCUT2D eigenvalue weighted by Crippen LogP contribution is -2.45. The van der Waals surface area contributed by atoms with Crippen LogP contribution in [0.15, 0.2) is 24.3 Å². The fraction of sp³-hybridized carbons (Fsp3) is 0.500. The summed E-state index contributed by atoms with van der Waals surface area (Å²) in [4.78, 5) is 38.0. The minimum absolute atomic E-state index is 0. The van der Waals surface area contributed by atoms with E-state index in [4.69, 9.17) is 0 Å². The molecule has 144 valence electrons. The molecule has 0 aromatic heterocycles. The van der Waals surface area contributed by atoms with E-state index in [1.807, 2.05) is 45.0 Å². The zero-order valence-corrected chi connectivity index (χ0v) is 16.4. The van der Waals surface area contributed by atoms with Crippen molar-refractivity contribution in [2.75, 3.05) is 19.6 Å². The molecular weight excluding hydrogens is 356 g/mol. The number of halogens is 1. The van der Waals surface area contributed by atoms with Gasteiger partial charge in [-0.1, -0.05) is 36.8 Å². The predicted octanol–water partition coefficient (Wildman–Crippen LogP) is 1.30. The minimum Gasteiger partial charge on any atom is -0.353 e. The summed E-state index contributed by atoms with van der Waals surface area (Å²) in [5, 5.41) is 8.61. The molecule has 8 heteroatoms. The average Bonchev–Trinajstić information content (AvgIpc) is 2.78. The monoisotopic (exact) mass is 382 g/mol. The van der Waals surface area contributed by atoms with Crippen LogP contribution in [0.4, 0.5) is 4.79 Å². The third-order valence-corrected chi connectivity index (χ3v) is 4.36. The molecule has 0 spiro atoms. The van der Waals surface area contributed by atoms with Crippen LogP contribution in [0.1, 0.15) is 31.9 Å². The Morgan fingerprint density at radius 3 is 2.46 bits per heavy atom. The van der Waals surface area contributed by atoms with E-state index in [1.54, 1.807) is 6.92 Å². The van der Waals surface area contributed by atoms with E-state index in [0.29, 0.717) is 12.1 Å². The van der Waals surface area contributed by atoms with Crippen LogP contribution in [0.25, 0.3) is 0 Å². The van der Waals surface area contributed by atoms with E-state index >= 15 is 0 Å². The van der Waals surface area contributed by atoms with Gasteiger partial charge in [0.1, 0.15) is 12.1 Å². The number of hydrogen-bond donors (Lipinski definition) is 3. The first-order valence-corrected chi connectivity index (χ1v) is 8.49. The van der Waals surface area contributed by atoms with Crippen LogP contribution in [0.2, 0.25) is 0 Å². The molecule has 0 saturated carbocycles. The minimum atomic E-state index is -1.15. The number of rotatable bonds is 7. The van der Waals surface area contributed by atoms with E-state index in [2.05, 4.69) is 16.0 Å². The van der Waals surface area contributed by atoms with Gasteiger partial charge in [0.25, 0.3) is 5.91 Å². The SMILES string of the molecule is CCN[C@H](C)CNC(=O)CN1C(=O)NC(C)(c2ccc(C)cc2)C1=O.Cl. The first-order chi connectivity index (χ1) is 11.8. The third kappa shape index (κ3) is 4.74. The molecule has 0 radical (unpaired) electrons. The number of hydrogen-bond acceptors (Lipinski definition) is 4. The molecular formula is C18H27ClN4O3. The smallest absolute Gasteiger partial charge is 0.325 e. The van der Waals surface area contributed by atoms with Crippen molar-refractivity contribution < 1.29 is 14.4 Å². The van der Waals surface area contributed by atoms with Crippen molar-refractivity contribution in [1.29, 1.82) is 0 Å². The van der Waals surface area contributed by atoms with Gasteiger partial charge < -0.3 is 16.0 Å². The van der Waals surface area contributed by atoms with E-state index in [1.165, 1.54) is 0 Å². The maximum Gasteiger partial charge on any atom is 0.325 e. The van der Waals surface area contributed by atoms with Crippen LogP contribution < -0.4 is 16.0 Å². The molecule has 4 amide bonds. The highest BCUT2D eigenvalue weighted by Crippen LogP contribution is 2.28. The van der Waals surface area contributed by atoms with Gasteiger partial charge in [-0.3, -0.25) is 14.5 Å². The number of nitrogens with one attached hydrogen (secondary N) is 3. The van der Waals surface area contributed by atoms with Crippen LogP contribution in [0, 0.1) is 6.92 Å². The lowest BCUT2D eigenvalue weighted by Gasteiger charge is -2.22. The summed E-state index contributed by atoms with van der Waals surface area (Å²) in [5.41, 5.74) is 0.609. The molecule has 0 aliphatic carbocycles. The molecule has 1 saturated heterocycles. The maximum atomic E-state index is 12.7. The number of imide groups is 1. The van der Waals surface area contributed by atoms with Crippen molar-refractivity contribution in [3.8, 4) is 0 Å². The molecule has 1 aliphatic heterocycles. The fourth-order valence-corrected chi connectivity index (χ4v) is 2.81. The predicted molar refractivity (Wildman–Crippen MR) is 102 cm³/mol. The molecule has 1 aromatic carbocycles. The molecule has 1 fully saturated rings. The van der Waals surface area contributed by atoms with Gasteiger partial charge in [0.15, 0.2) is 0 Å². The van der Waals surface area contributed by atoms with Crippen LogP contribution in [-0.4, -0.2) is 48.4 Å². The van der Waals surface area contributed by atoms with Crippen LogP contribution >= 0.6 is 12.4 Å². The largest absolute Gasteiger partial charge is 0.353 e. The summed E-state index contributed by atoms with van der Waals surface area (Å²) < 4.78 is 0. The molecule has 3 N–H and O–H groups in total. The summed E-state index contributed by atoms with van der Waals surface area (Å²) in [6.45, 7) is 8.49. The third-order valence-electron chi connectivity index (χ3n) is 4.36. The highest BCUT2D eigenvalue weighted by Gasteiger charge is 2.49. The molecule has 2 atom stereocenters. The molecule has 26 heavy (non-hydrogen) atoms. The highest BCUT2D eigenvalue weighted by atomic mass is 35.5. The highest BCUT2D eigenvalue weighted by molar-refractivity contribution is 6.09. The van der Waals surface area contributed by atoms with Crippen LogP contribution in [-0.2, 0) is 15.1 Å². The molecule has 1 heterocycles. The second-order valence-electron chi connectivity index (χ2n) is 6.58. The van der Waals surface area contributed by atoms with Gasteiger partial charge in [-0.05, 0) is 32.9 Å². The van der Waals surface area contributed by atoms with Crippen LogP contribution in [0.3, 0.4) is 0 Å². The summed E-state index contributed by atoms with van der Waals surface area (Å²) in [5.74, 6) is -0.780. The molecule has 1 aliphatic rings. The molecule has 0 bridgehead atoms. The Labute approximate surface area is 160 Å². The zero-order valence-electron chi connectivity index (χ0n) is 15.6. The van der Waals surface area contributed by atoms with Gasteiger partial charge in [-0.25, -0.2) is 4.79 Å². The number of urea groups is 1.